The van der Waals surface area contributed by atoms with Crippen LogP contribution >= 0.6 is 0 Å². The fourth-order valence-electron chi connectivity index (χ4n) is 2.75. The van der Waals surface area contributed by atoms with Gasteiger partial charge in [-0.15, -0.1) is 0 Å². The van der Waals surface area contributed by atoms with Crippen LogP contribution in [0.3, 0.4) is 0 Å². The number of aromatic nitrogens is 1. The maximum Gasteiger partial charge on any atom is 0.0720 e. The first-order valence-corrected chi connectivity index (χ1v) is 5.97. The molecule has 84 valence electrons. The molecule has 1 N–H and O–H groups in total. The van der Waals surface area contributed by atoms with E-state index in [2.05, 4.69) is 31.0 Å². The van der Waals surface area contributed by atoms with Crippen molar-refractivity contribution in [1.29, 1.82) is 0 Å². The maximum absolute atomic E-state index is 5.55. The standard InChI is InChI=1S/C14H17NO/c1-9(2)13-12-4-6-16-8-11(12)7-10-3-5-15-14(10)13/h3,5,7,9,15H,4,6,8H2,1-2H3. The van der Waals surface area contributed by atoms with Crippen LogP contribution in [0.2, 0.25) is 0 Å². The summed E-state index contributed by atoms with van der Waals surface area (Å²) in [7, 11) is 0. The number of fused-ring (bicyclic) bond motifs is 2. The Labute approximate surface area is 95.6 Å². The number of rotatable bonds is 1. The number of aromatic amines is 1. The lowest BCUT2D eigenvalue weighted by atomic mass is 9.88. The average molecular weight is 215 g/mol. The second-order valence-electron chi connectivity index (χ2n) is 4.83. The summed E-state index contributed by atoms with van der Waals surface area (Å²) < 4.78 is 5.55. The van der Waals surface area contributed by atoms with Gasteiger partial charge in [-0.1, -0.05) is 13.8 Å². The summed E-state index contributed by atoms with van der Waals surface area (Å²) in [6.07, 6.45) is 3.08. The first-order valence-electron chi connectivity index (χ1n) is 5.97. The van der Waals surface area contributed by atoms with Gasteiger partial charge in [-0.2, -0.15) is 0 Å². The largest absolute Gasteiger partial charge is 0.376 e. The van der Waals surface area contributed by atoms with Crippen molar-refractivity contribution in [3.63, 3.8) is 0 Å². The fourth-order valence-corrected chi connectivity index (χ4v) is 2.75. The van der Waals surface area contributed by atoms with Crippen LogP contribution in [-0.2, 0) is 17.8 Å². The second kappa shape index (κ2) is 3.63. The van der Waals surface area contributed by atoms with E-state index in [1.165, 1.54) is 27.6 Å². The third-order valence-electron chi connectivity index (χ3n) is 3.42. The smallest absolute Gasteiger partial charge is 0.0720 e. The Kier molecular flexibility index (Phi) is 2.25. The molecule has 0 fully saturated rings. The molecule has 0 spiro atoms. The zero-order valence-corrected chi connectivity index (χ0v) is 9.84. The highest BCUT2D eigenvalue weighted by molar-refractivity contribution is 5.85. The molecule has 1 aromatic carbocycles. The molecule has 3 rings (SSSR count). The highest BCUT2D eigenvalue weighted by Gasteiger charge is 2.19. The number of H-pyrrole nitrogens is 1. The van der Waals surface area contributed by atoms with Crippen LogP contribution in [0.4, 0.5) is 0 Å². The molecule has 2 nitrogen and oxygen atoms in total. The maximum atomic E-state index is 5.55. The van der Waals surface area contributed by atoms with Gasteiger partial charge in [0.25, 0.3) is 0 Å². The van der Waals surface area contributed by atoms with E-state index < -0.39 is 0 Å². The van der Waals surface area contributed by atoms with Crippen molar-refractivity contribution < 1.29 is 4.74 Å². The minimum atomic E-state index is 0.564. The van der Waals surface area contributed by atoms with Crippen molar-refractivity contribution >= 4 is 10.9 Å². The van der Waals surface area contributed by atoms with Crippen LogP contribution in [0, 0.1) is 0 Å². The van der Waals surface area contributed by atoms with E-state index in [9.17, 15) is 0 Å². The molecule has 0 radical (unpaired) electrons. The minimum absolute atomic E-state index is 0.564. The Morgan fingerprint density at radius 3 is 3.06 bits per heavy atom. The Bertz CT molecular complexity index is 525. The number of hydrogen-bond acceptors (Lipinski definition) is 1. The lowest BCUT2D eigenvalue weighted by molar-refractivity contribution is 0.110. The van der Waals surface area contributed by atoms with E-state index in [1.54, 1.807) is 0 Å². The van der Waals surface area contributed by atoms with Crippen LogP contribution in [-0.4, -0.2) is 11.6 Å². The van der Waals surface area contributed by atoms with Crippen LogP contribution in [0.25, 0.3) is 10.9 Å². The van der Waals surface area contributed by atoms with E-state index in [-0.39, 0.29) is 0 Å². The van der Waals surface area contributed by atoms with Crippen LogP contribution in [0.1, 0.15) is 36.5 Å². The molecule has 16 heavy (non-hydrogen) atoms. The van der Waals surface area contributed by atoms with E-state index in [4.69, 9.17) is 4.74 Å². The summed E-state index contributed by atoms with van der Waals surface area (Å²) in [6.45, 7) is 6.17. The Hall–Kier alpha value is -1.28. The number of benzene rings is 1. The molecule has 2 heterocycles. The molecule has 0 aliphatic carbocycles. The number of nitrogens with one attached hydrogen (secondary N) is 1. The van der Waals surface area contributed by atoms with Crippen molar-refractivity contribution in [2.24, 2.45) is 0 Å². The highest BCUT2D eigenvalue weighted by atomic mass is 16.5. The molecule has 1 aromatic heterocycles. The summed E-state index contributed by atoms with van der Waals surface area (Å²) in [5.41, 5.74) is 5.69. The van der Waals surface area contributed by atoms with Crippen molar-refractivity contribution in [2.45, 2.75) is 32.8 Å². The monoisotopic (exact) mass is 215 g/mol. The van der Waals surface area contributed by atoms with Crippen LogP contribution < -0.4 is 0 Å². The zero-order valence-electron chi connectivity index (χ0n) is 9.84. The molecule has 1 aliphatic rings. The number of ether oxygens (including phenoxy) is 1. The molecule has 1 aliphatic heterocycles. The van der Waals surface area contributed by atoms with Gasteiger partial charge in [0, 0.05) is 17.1 Å². The topological polar surface area (TPSA) is 25.0 Å². The third kappa shape index (κ3) is 1.37. The molecule has 0 bridgehead atoms. The third-order valence-corrected chi connectivity index (χ3v) is 3.42. The average Bonchev–Trinajstić information content (AvgIpc) is 2.72. The first-order chi connectivity index (χ1) is 7.77. The quantitative estimate of drug-likeness (QED) is 0.775. The van der Waals surface area contributed by atoms with Gasteiger partial charge in [-0.3, -0.25) is 0 Å². The van der Waals surface area contributed by atoms with Gasteiger partial charge < -0.3 is 9.72 Å². The van der Waals surface area contributed by atoms with Gasteiger partial charge in [-0.25, -0.2) is 0 Å². The zero-order chi connectivity index (χ0) is 11.1. The molecule has 2 heteroatoms. The van der Waals surface area contributed by atoms with E-state index in [0.717, 1.165) is 19.6 Å². The van der Waals surface area contributed by atoms with Crippen molar-refractivity contribution in [1.82, 2.24) is 4.98 Å². The van der Waals surface area contributed by atoms with Crippen molar-refractivity contribution in [3.05, 3.63) is 35.0 Å². The van der Waals surface area contributed by atoms with Gasteiger partial charge in [-0.05, 0) is 41.2 Å². The molecule has 0 unspecified atom stereocenters. The Morgan fingerprint density at radius 2 is 2.25 bits per heavy atom. The summed E-state index contributed by atoms with van der Waals surface area (Å²) in [5, 5.41) is 1.31. The Morgan fingerprint density at radius 1 is 1.38 bits per heavy atom. The fraction of sp³-hybridized carbons (Fsp3) is 0.429. The highest BCUT2D eigenvalue weighted by Crippen LogP contribution is 2.33. The van der Waals surface area contributed by atoms with E-state index >= 15 is 0 Å². The van der Waals surface area contributed by atoms with Gasteiger partial charge in [0.15, 0.2) is 0 Å². The minimum Gasteiger partial charge on any atom is -0.376 e. The van der Waals surface area contributed by atoms with Crippen LogP contribution in [0.15, 0.2) is 18.3 Å². The molecule has 0 saturated carbocycles. The molecule has 2 aromatic rings. The lowest BCUT2D eigenvalue weighted by Crippen LogP contribution is -2.13. The van der Waals surface area contributed by atoms with Crippen molar-refractivity contribution in [3.8, 4) is 0 Å². The summed E-state index contributed by atoms with van der Waals surface area (Å²) in [5.74, 6) is 0.564. The van der Waals surface area contributed by atoms with Crippen LogP contribution in [0.5, 0.6) is 0 Å². The molecular weight excluding hydrogens is 198 g/mol. The molecular formula is C14H17NO. The Balaban J connectivity index is 2.35. The number of hydrogen-bond donors (Lipinski definition) is 1. The van der Waals surface area contributed by atoms with Gasteiger partial charge in [0.2, 0.25) is 0 Å². The summed E-state index contributed by atoms with van der Waals surface area (Å²) in [4.78, 5) is 3.38. The SMILES string of the molecule is CC(C)c1c2c(cc3cc[nH]c13)COCC2. The second-order valence-corrected chi connectivity index (χ2v) is 4.83. The van der Waals surface area contributed by atoms with Gasteiger partial charge in [0.05, 0.1) is 13.2 Å². The predicted octanol–water partition coefficient (Wildman–Crippen LogP) is 3.36. The summed E-state index contributed by atoms with van der Waals surface area (Å²) >= 11 is 0. The van der Waals surface area contributed by atoms with Gasteiger partial charge in [0.1, 0.15) is 0 Å². The molecule has 0 atom stereocenters. The predicted molar refractivity (Wildman–Crippen MR) is 65.7 cm³/mol. The lowest BCUT2D eigenvalue weighted by Gasteiger charge is -2.22. The van der Waals surface area contributed by atoms with Gasteiger partial charge >= 0.3 is 0 Å². The molecule has 0 amide bonds. The van der Waals surface area contributed by atoms with Crippen molar-refractivity contribution in [2.75, 3.05) is 6.61 Å². The normalized spacial score (nSPS) is 15.7. The first kappa shape index (κ1) is 9.91. The van der Waals surface area contributed by atoms with E-state index in [0.29, 0.717) is 5.92 Å². The molecule has 0 saturated heterocycles. The summed E-state index contributed by atoms with van der Waals surface area (Å²) in [6, 6.07) is 4.42. The van der Waals surface area contributed by atoms with E-state index in [1.807, 2.05) is 6.20 Å².